The van der Waals surface area contributed by atoms with Gasteiger partial charge in [0.15, 0.2) is 11.5 Å². The minimum absolute atomic E-state index is 0.151. The summed E-state index contributed by atoms with van der Waals surface area (Å²) in [6.07, 6.45) is 0. The maximum absolute atomic E-state index is 13.6. The SMILES string of the molecule is CC(=O)NC(C)(C(=O)N1CC2=C(C1)CN(S(=O)(=O)c1ccc3c(c1)OCCO3)C2)c1ccccc1. The van der Waals surface area contributed by atoms with Crippen LogP contribution in [0.5, 0.6) is 11.5 Å². The molecule has 9 nitrogen and oxygen atoms in total. The molecule has 10 heteroatoms. The monoisotopic (exact) mass is 497 g/mol. The molecule has 1 atom stereocenters. The van der Waals surface area contributed by atoms with Gasteiger partial charge >= 0.3 is 0 Å². The number of amides is 2. The highest BCUT2D eigenvalue weighted by Gasteiger charge is 2.44. The first kappa shape index (κ1) is 23.4. The fraction of sp³-hybridized carbons (Fsp3) is 0.360. The Morgan fingerprint density at radius 3 is 2.17 bits per heavy atom. The zero-order chi connectivity index (χ0) is 24.8. The number of rotatable bonds is 5. The second-order valence-electron chi connectivity index (χ2n) is 9.12. The lowest BCUT2D eigenvalue weighted by Gasteiger charge is -2.34. The number of sulfonamides is 1. The van der Waals surface area contributed by atoms with Crippen LogP contribution in [0.4, 0.5) is 0 Å². The van der Waals surface area contributed by atoms with Crippen LogP contribution < -0.4 is 14.8 Å². The molecule has 0 bridgehead atoms. The highest BCUT2D eigenvalue weighted by atomic mass is 32.2. The van der Waals surface area contributed by atoms with Crippen LogP contribution in [0, 0.1) is 0 Å². The number of nitrogens with zero attached hydrogens (tertiary/aromatic N) is 2. The van der Waals surface area contributed by atoms with Gasteiger partial charge in [-0.15, -0.1) is 0 Å². The molecule has 5 rings (SSSR count). The second-order valence-corrected chi connectivity index (χ2v) is 11.1. The topological polar surface area (TPSA) is 105 Å². The van der Waals surface area contributed by atoms with Crippen LogP contribution in [-0.2, 0) is 25.2 Å². The van der Waals surface area contributed by atoms with E-state index >= 15 is 0 Å². The van der Waals surface area contributed by atoms with Gasteiger partial charge in [0, 0.05) is 39.2 Å². The molecule has 2 aromatic carbocycles. The Hall–Kier alpha value is -3.37. The molecule has 0 fully saturated rings. The quantitative estimate of drug-likeness (QED) is 0.630. The number of carbonyl (C=O) groups is 2. The zero-order valence-corrected chi connectivity index (χ0v) is 20.4. The van der Waals surface area contributed by atoms with E-state index in [-0.39, 0.29) is 29.8 Å². The van der Waals surface area contributed by atoms with Crippen LogP contribution in [0.2, 0.25) is 0 Å². The number of nitrogens with one attached hydrogen (secondary N) is 1. The van der Waals surface area contributed by atoms with Gasteiger partial charge in [0.05, 0.1) is 4.90 Å². The Kier molecular flexibility index (Phi) is 5.80. The standard InChI is InChI=1S/C25H27N3O6S/c1-17(29)26-25(2,20-6-4-3-5-7-20)24(30)27-13-18-15-28(16-19(18)14-27)35(31,32)21-8-9-22-23(12-21)34-11-10-33-22/h3-9,12H,10-11,13-16H2,1-2H3,(H,26,29). The Morgan fingerprint density at radius 1 is 0.914 bits per heavy atom. The fourth-order valence-electron chi connectivity index (χ4n) is 4.88. The fourth-order valence-corrected chi connectivity index (χ4v) is 6.33. The molecule has 0 spiro atoms. The lowest BCUT2D eigenvalue weighted by Crippen LogP contribution is -2.55. The maximum Gasteiger partial charge on any atom is 0.253 e. The summed E-state index contributed by atoms with van der Waals surface area (Å²) in [5.41, 5.74) is 1.30. The van der Waals surface area contributed by atoms with Crippen molar-refractivity contribution >= 4 is 21.8 Å². The third-order valence-electron chi connectivity index (χ3n) is 6.64. The van der Waals surface area contributed by atoms with Crippen molar-refractivity contribution in [2.75, 3.05) is 39.4 Å². The van der Waals surface area contributed by atoms with Crippen LogP contribution >= 0.6 is 0 Å². The average molecular weight is 498 g/mol. The summed E-state index contributed by atoms with van der Waals surface area (Å²) in [5.74, 6) is 0.426. The molecule has 0 radical (unpaired) electrons. The molecule has 35 heavy (non-hydrogen) atoms. The summed E-state index contributed by atoms with van der Waals surface area (Å²) in [6, 6.07) is 13.8. The Labute approximate surface area is 204 Å². The van der Waals surface area contributed by atoms with Gasteiger partial charge in [0.2, 0.25) is 15.9 Å². The van der Waals surface area contributed by atoms with Gasteiger partial charge in [-0.25, -0.2) is 8.42 Å². The van der Waals surface area contributed by atoms with E-state index in [1.165, 1.54) is 23.4 Å². The Morgan fingerprint density at radius 2 is 1.54 bits per heavy atom. The summed E-state index contributed by atoms with van der Waals surface area (Å²) >= 11 is 0. The van der Waals surface area contributed by atoms with E-state index in [9.17, 15) is 18.0 Å². The predicted molar refractivity (Wildman–Crippen MR) is 127 cm³/mol. The number of carbonyl (C=O) groups excluding carboxylic acids is 2. The molecule has 2 amide bonds. The summed E-state index contributed by atoms with van der Waals surface area (Å²) in [7, 11) is -3.74. The van der Waals surface area contributed by atoms with Crippen LogP contribution in [0.3, 0.4) is 0 Å². The first-order valence-corrected chi connectivity index (χ1v) is 12.9. The number of benzene rings is 2. The predicted octanol–water partition coefficient (Wildman–Crippen LogP) is 1.65. The van der Waals surface area contributed by atoms with Crippen molar-refractivity contribution in [1.82, 2.24) is 14.5 Å². The van der Waals surface area contributed by atoms with Crippen LogP contribution in [0.25, 0.3) is 0 Å². The van der Waals surface area contributed by atoms with Gasteiger partial charge in [0.1, 0.15) is 18.8 Å². The third-order valence-corrected chi connectivity index (χ3v) is 8.43. The lowest BCUT2D eigenvalue weighted by atomic mass is 9.90. The van der Waals surface area contributed by atoms with E-state index in [2.05, 4.69) is 5.32 Å². The van der Waals surface area contributed by atoms with Crippen molar-refractivity contribution in [2.24, 2.45) is 0 Å². The highest BCUT2D eigenvalue weighted by Crippen LogP contribution is 2.36. The van der Waals surface area contributed by atoms with E-state index in [0.29, 0.717) is 43.4 Å². The summed E-state index contributed by atoms with van der Waals surface area (Å²) < 4.78 is 39.1. The van der Waals surface area contributed by atoms with Crippen LogP contribution in [0.1, 0.15) is 19.4 Å². The lowest BCUT2D eigenvalue weighted by molar-refractivity contribution is -0.140. The van der Waals surface area contributed by atoms with Crippen molar-refractivity contribution in [3.63, 3.8) is 0 Å². The smallest absolute Gasteiger partial charge is 0.253 e. The Bertz CT molecular complexity index is 1310. The molecule has 2 aromatic rings. The number of hydrogen-bond acceptors (Lipinski definition) is 6. The molecule has 0 aromatic heterocycles. The summed E-state index contributed by atoms with van der Waals surface area (Å²) in [4.78, 5) is 27.4. The van der Waals surface area contributed by atoms with E-state index in [4.69, 9.17) is 9.47 Å². The van der Waals surface area contributed by atoms with Crippen LogP contribution in [-0.4, -0.2) is 68.8 Å². The third kappa shape index (κ3) is 4.17. The van der Waals surface area contributed by atoms with Crippen molar-refractivity contribution in [2.45, 2.75) is 24.3 Å². The summed E-state index contributed by atoms with van der Waals surface area (Å²) in [6.45, 7) is 4.98. The highest BCUT2D eigenvalue weighted by molar-refractivity contribution is 7.89. The van der Waals surface area contributed by atoms with Gasteiger partial charge < -0.3 is 19.7 Å². The van der Waals surface area contributed by atoms with Crippen molar-refractivity contribution in [3.05, 3.63) is 65.2 Å². The van der Waals surface area contributed by atoms with E-state index in [1.807, 2.05) is 30.3 Å². The average Bonchev–Trinajstić information content (AvgIpc) is 3.43. The van der Waals surface area contributed by atoms with Gasteiger partial charge in [-0.1, -0.05) is 30.3 Å². The second kappa shape index (κ2) is 8.69. The largest absolute Gasteiger partial charge is 0.486 e. The molecular weight excluding hydrogens is 470 g/mol. The van der Waals surface area contributed by atoms with Gasteiger partial charge in [-0.3, -0.25) is 9.59 Å². The molecule has 1 unspecified atom stereocenters. The number of hydrogen-bond donors (Lipinski definition) is 1. The molecule has 3 heterocycles. The van der Waals surface area contributed by atoms with Crippen molar-refractivity contribution < 1.29 is 27.5 Å². The molecule has 3 aliphatic heterocycles. The minimum Gasteiger partial charge on any atom is -0.486 e. The molecule has 1 N–H and O–H groups in total. The number of ether oxygens (including phenoxy) is 2. The molecule has 0 aliphatic carbocycles. The van der Waals surface area contributed by atoms with E-state index < -0.39 is 15.6 Å². The molecule has 0 saturated heterocycles. The van der Waals surface area contributed by atoms with Gasteiger partial charge in [-0.2, -0.15) is 4.31 Å². The van der Waals surface area contributed by atoms with Crippen molar-refractivity contribution in [1.29, 1.82) is 0 Å². The molecule has 184 valence electrons. The maximum atomic E-state index is 13.6. The first-order valence-electron chi connectivity index (χ1n) is 11.4. The van der Waals surface area contributed by atoms with Gasteiger partial charge in [-0.05, 0) is 35.8 Å². The van der Waals surface area contributed by atoms with E-state index in [1.54, 1.807) is 17.9 Å². The Balaban J connectivity index is 1.31. The molecule has 0 saturated carbocycles. The number of fused-ring (bicyclic) bond motifs is 1. The summed E-state index contributed by atoms with van der Waals surface area (Å²) in [5, 5.41) is 2.82. The zero-order valence-electron chi connectivity index (χ0n) is 19.6. The molecule has 3 aliphatic rings. The van der Waals surface area contributed by atoms with Crippen molar-refractivity contribution in [3.8, 4) is 11.5 Å². The van der Waals surface area contributed by atoms with E-state index in [0.717, 1.165) is 11.1 Å². The molecular formula is C25H27N3O6S. The van der Waals surface area contributed by atoms with Crippen LogP contribution in [0.15, 0.2) is 64.6 Å². The normalized spacial score (nSPS) is 19.3. The first-order chi connectivity index (χ1) is 16.7. The minimum atomic E-state index is -3.74. The van der Waals surface area contributed by atoms with Gasteiger partial charge in [0.25, 0.3) is 5.91 Å².